The second-order valence-corrected chi connectivity index (χ2v) is 9.91. The topological polar surface area (TPSA) is 118 Å². The molecule has 0 bridgehead atoms. The van der Waals surface area contributed by atoms with Gasteiger partial charge in [-0.15, -0.1) is 11.3 Å². The fraction of sp³-hybridized carbons (Fsp3) is 0.300. The third-order valence-corrected chi connectivity index (χ3v) is 5.58. The molecule has 1 atom stereocenters. The largest absolute Gasteiger partial charge is 0.444 e. The molecule has 3 N–H and O–H groups in total. The maximum Gasteiger partial charge on any atom is 0.408 e. The zero-order valence-electron chi connectivity index (χ0n) is 16.7. The number of fused-ring (bicyclic) bond motifs is 1. The zero-order valence-corrected chi connectivity index (χ0v) is 18.4. The van der Waals surface area contributed by atoms with Gasteiger partial charge in [0.1, 0.15) is 10.6 Å². The van der Waals surface area contributed by atoms with Gasteiger partial charge in [-0.1, -0.05) is 24.3 Å². The van der Waals surface area contributed by atoms with Gasteiger partial charge in [-0.25, -0.2) is 9.78 Å². The molecule has 1 unspecified atom stereocenters. The van der Waals surface area contributed by atoms with E-state index in [4.69, 9.17) is 9.29 Å². The van der Waals surface area contributed by atoms with Crippen LogP contribution in [0.5, 0.6) is 0 Å². The minimum Gasteiger partial charge on any atom is -0.444 e. The SMILES string of the molecule is CC(C)(C)OC(=O)NC(Cc1ccc(NS(=O)(=O)O)cc1)c1nc2ccccc2s1. The lowest BCUT2D eigenvalue weighted by molar-refractivity contribution is 0.0503. The molecule has 10 heteroatoms. The average Bonchev–Trinajstić information content (AvgIpc) is 3.04. The quantitative estimate of drug-likeness (QED) is 0.483. The predicted octanol–water partition coefficient (Wildman–Crippen LogP) is 4.32. The summed E-state index contributed by atoms with van der Waals surface area (Å²) < 4.78 is 39.2. The van der Waals surface area contributed by atoms with Crippen molar-refractivity contribution in [1.82, 2.24) is 10.3 Å². The van der Waals surface area contributed by atoms with Crippen LogP contribution in [-0.2, 0) is 21.5 Å². The van der Waals surface area contributed by atoms with Crippen molar-refractivity contribution in [3.05, 3.63) is 59.1 Å². The Balaban J connectivity index is 1.84. The maximum absolute atomic E-state index is 12.4. The van der Waals surface area contributed by atoms with Crippen LogP contribution in [0.2, 0.25) is 0 Å². The number of hydrogen-bond donors (Lipinski definition) is 3. The number of carbonyl (C=O) groups is 1. The number of benzene rings is 2. The van der Waals surface area contributed by atoms with Crippen LogP contribution in [0.25, 0.3) is 10.2 Å². The highest BCUT2D eigenvalue weighted by Crippen LogP contribution is 2.29. The monoisotopic (exact) mass is 449 g/mol. The highest BCUT2D eigenvalue weighted by Gasteiger charge is 2.23. The summed E-state index contributed by atoms with van der Waals surface area (Å²) in [5.41, 5.74) is 1.29. The van der Waals surface area contributed by atoms with Gasteiger partial charge in [0.05, 0.1) is 21.9 Å². The van der Waals surface area contributed by atoms with Crippen molar-refractivity contribution in [3.8, 4) is 0 Å². The molecule has 0 saturated heterocycles. The second kappa shape index (κ2) is 8.58. The highest BCUT2D eigenvalue weighted by molar-refractivity contribution is 7.87. The average molecular weight is 450 g/mol. The molecule has 0 spiro atoms. The van der Waals surface area contributed by atoms with E-state index in [-0.39, 0.29) is 5.69 Å². The lowest BCUT2D eigenvalue weighted by Gasteiger charge is -2.23. The van der Waals surface area contributed by atoms with E-state index < -0.39 is 28.0 Å². The summed E-state index contributed by atoms with van der Waals surface area (Å²) in [7, 11) is -4.34. The van der Waals surface area contributed by atoms with Crippen molar-refractivity contribution in [2.45, 2.75) is 38.8 Å². The standard InChI is InChI=1S/C20H23N3O5S2/c1-20(2,3)28-19(24)22-16(18-21-15-6-4-5-7-17(15)29-18)12-13-8-10-14(11-9-13)23-30(25,26)27/h4-11,16,23H,12H2,1-3H3,(H,22,24)(H,25,26,27). The number of amides is 1. The first-order chi connectivity index (χ1) is 14.0. The summed E-state index contributed by atoms with van der Waals surface area (Å²) in [6.07, 6.45) is -0.123. The molecule has 0 saturated carbocycles. The van der Waals surface area contributed by atoms with E-state index in [1.165, 1.54) is 23.5 Å². The van der Waals surface area contributed by atoms with Gasteiger partial charge in [0.15, 0.2) is 0 Å². The predicted molar refractivity (Wildman–Crippen MR) is 117 cm³/mol. The summed E-state index contributed by atoms with van der Waals surface area (Å²) in [6, 6.07) is 13.8. The van der Waals surface area contributed by atoms with Crippen molar-refractivity contribution < 1.29 is 22.5 Å². The van der Waals surface area contributed by atoms with Gasteiger partial charge < -0.3 is 10.1 Å². The molecule has 2 aromatic carbocycles. The Morgan fingerprint density at radius 2 is 1.83 bits per heavy atom. The molecule has 1 aromatic heterocycles. The number of carbonyl (C=O) groups excluding carboxylic acids is 1. The van der Waals surface area contributed by atoms with Gasteiger partial charge in [0.25, 0.3) is 0 Å². The third-order valence-electron chi connectivity index (χ3n) is 3.94. The fourth-order valence-corrected chi connectivity index (χ4v) is 4.24. The van der Waals surface area contributed by atoms with Crippen LogP contribution in [0, 0.1) is 0 Å². The van der Waals surface area contributed by atoms with Gasteiger partial charge in [-0.05, 0) is 57.0 Å². The van der Waals surface area contributed by atoms with Crippen molar-refractivity contribution in [3.63, 3.8) is 0 Å². The van der Waals surface area contributed by atoms with Crippen molar-refractivity contribution in [2.24, 2.45) is 0 Å². The minimum absolute atomic E-state index is 0.234. The molecule has 3 aromatic rings. The molecule has 1 heterocycles. The molecule has 0 aliphatic carbocycles. The van der Waals surface area contributed by atoms with Crippen LogP contribution in [0.3, 0.4) is 0 Å². The van der Waals surface area contributed by atoms with Crippen LogP contribution in [0.15, 0.2) is 48.5 Å². The molecule has 1 amide bonds. The van der Waals surface area contributed by atoms with Crippen LogP contribution in [0.1, 0.15) is 37.4 Å². The van der Waals surface area contributed by atoms with E-state index in [1.807, 2.05) is 29.0 Å². The number of hydrogen-bond acceptors (Lipinski definition) is 6. The third kappa shape index (κ3) is 6.41. The molecule has 0 aliphatic rings. The minimum atomic E-state index is -4.34. The number of thiazole rings is 1. The Morgan fingerprint density at radius 3 is 2.43 bits per heavy atom. The van der Waals surface area contributed by atoms with E-state index in [2.05, 4.69) is 10.3 Å². The Kier molecular flexibility index (Phi) is 6.30. The Morgan fingerprint density at radius 1 is 1.17 bits per heavy atom. The van der Waals surface area contributed by atoms with Gasteiger partial charge in [-0.3, -0.25) is 9.27 Å². The number of rotatable bonds is 6. The molecule has 8 nitrogen and oxygen atoms in total. The molecular formula is C20H23N3O5S2. The van der Waals surface area contributed by atoms with Crippen molar-refractivity contribution in [2.75, 3.05) is 4.72 Å². The first-order valence-electron chi connectivity index (χ1n) is 9.18. The van der Waals surface area contributed by atoms with Crippen LogP contribution < -0.4 is 10.0 Å². The van der Waals surface area contributed by atoms with Crippen LogP contribution in [-0.4, -0.2) is 29.6 Å². The molecule has 0 aliphatic heterocycles. The number of alkyl carbamates (subject to hydrolysis) is 1. The van der Waals surface area contributed by atoms with E-state index in [1.54, 1.807) is 32.9 Å². The Labute approximate surface area is 179 Å². The van der Waals surface area contributed by atoms with Gasteiger partial charge in [0.2, 0.25) is 0 Å². The van der Waals surface area contributed by atoms with Crippen LogP contribution >= 0.6 is 11.3 Å². The molecule has 160 valence electrons. The van der Waals surface area contributed by atoms with E-state index in [0.29, 0.717) is 6.42 Å². The zero-order chi connectivity index (χ0) is 21.9. The molecular weight excluding hydrogens is 426 g/mol. The summed E-state index contributed by atoms with van der Waals surface area (Å²) in [4.78, 5) is 17.0. The Bertz CT molecular complexity index is 1100. The summed E-state index contributed by atoms with van der Waals surface area (Å²) in [6.45, 7) is 5.38. The summed E-state index contributed by atoms with van der Waals surface area (Å²) >= 11 is 1.49. The maximum atomic E-state index is 12.4. The number of nitrogens with zero attached hydrogens (tertiary/aromatic N) is 1. The van der Waals surface area contributed by atoms with Crippen LogP contribution in [0.4, 0.5) is 10.5 Å². The molecule has 0 fully saturated rings. The van der Waals surface area contributed by atoms with Crippen molar-refractivity contribution >= 4 is 43.6 Å². The van der Waals surface area contributed by atoms with Gasteiger partial charge in [-0.2, -0.15) is 8.42 Å². The van der Waals surface area contributed by atoms with Crippen molar-refractivity contribution in [1.29, 1.82) is 0 Å². The molecule has 3 rings (SSSR count). The first-order valence-corrected chi connectivity index (χ1v) is 11.4. The number of nitrogens with one attached hydrogen (secondary N) is 2. The summed E-state index contributed by atoms with van der Waals surface area (Å²) in [5.74, 6) is 0. The van der Waals surface area contributed by atoms with Gasteiger partial charge >= 0.3 is 16.4 Å². The lowest BCUT2D eigenvalue weighted by atomic mass is 10.1. The van der Waals surface area contributed by atoms with E-state index >= 15 is 0 Å². The Hall–Kier alpha value is -2.69. The first kappa shape index (κ1) is 22.0. The van der Waals surface area contributed by atoms with Gasteiger partial charge in [0, 0.05) is 0 Å². The highest BCUT2D eigenvalue weighted by atomic mass is 32.2. The summed E-state index contributed by atoms with van der Waals surface area (Å²) in [5, 5.41) is 3.63. The smallest absolute Gasteiger partial charge is 0.408 e. The molecule has 0 radical (unpaired) electrons. The second-order valence-electron chi connectivity index (χ2n) is 7.70. The number of anilines is 1. The fourth-order valence-electron chi connectivity index (χ4n) is 2.78. The normalized spacial score (nSPS) is 13.1. The van der Waals surface area contributed by atoms with E-state index in [0.717, 1.165) is 20.8 Å². The number of aromatic nitrogens is 1. The lowest BCUT2D eigenvalue weighted by Crippen LogP contribution is -2.35. The molecule has 30 heavy (non-hydrogen) atoms. The number of para-hydroxylation sites is 1. The van der Waals surface area contributed by atoms with E-state index in [9.17, 15) is 13.2 Å². The number of ether oxygens (including phenoxy) is 1.